The Labute approximate surface area is 124 Å². The average Bonchev–Trinajstić information content (AvgIpc) is 2.95. The minimum absolute atomic E-state index is 0.0802. The molecule has 108 valence electrons. The Morgan fingerprint density at radius 1 is 1.00 bits per heavy atom. The molecular weight excluding hydrogens is 262 g/mol. The second kappa shape index (κ2) is 6.10. The molecule has 0 aromatic heterocycles. The minimum atomic E-state index is -0.506. The van der Waals surface area contributed by atoms with Gasteiger partial charge in [-0.25, -0.2) is 0 Å². The number of rotatable bonds is 3. The smallest absolute Gasteiger partial charge is 0.230 e. The van der Waals surface area contributed by atoms with Gasteiger partial charge in [0, 0.05) is 11.3 Å². The highest BCUT2D eigenvalue weighted by molar-refractivity contribution is 5.97. The Morgan fingerprint density at radius 3 is 2.43 bits per heavy atom. The van der Waals surface area contributed by atoms with E-state index in [0.29, 0.717) is 0 Å². The van der Waals surface area contributed by atoms with Crippen molar-refractivity contribution in [3.05, 3.63) is 54.6 Å². The Kier molecular flexibility index (Phi) is 4.02. The topological polar surface area (TPSA) is 49.3 Å². The van der Waals surface area contributed by atoms with E-state index in [0.717, 1.165) is 36.1 Å². The van der Waals surface area contributed by atoms with E-state index in [4.69, 9.17) is 0 Å². The molecule has 1 aliphatic rings. The zero-order chi connectivity index (χ0) is 14.7. The van der Waals surface area contributed by atoms with Crippen molar-refractivity contribution in [2.45, 2.75) is 25.4 Å². The third-order valence-corrected chi connectivity index (χ3v) is 4.09. The molecule has 1 aliphatic carbocycles. The second-order valence-electron chi connectivity index (χ2n) is 5.51. The molecular formula is C18H19NO2. The number of carbonyl (C=O) groups is 1. The fourth-order valence-electron chi connectivity index (χ4n) is 2.93. The number of para-hydroxylation sites is 1. The first-order valence-corrected chi connectivity index (χ1v) is 7.39. The van der Waals surface area contributed by atoms with E-state index in [-0.39, 0.29) is 11.8 Å². The lowest BCUT2D eigenvalue weighted by molar-refractivity contribution is -0.122. The third kappa shape index (κ3) is 2.98. The van der Waals surface area contributed by atoms with Crippen LogP contribution in [0.4, 0.5) is 5.69 Å². The summed E-state index contributed by atoms with van der Waals surface area (Å²) in [6.45, 7) is 0. The van der Waals surface area contributed by atoms with Gasteiger partial charge in [0.15, 0.2) is 0 Å². The maximum Gasteiger partial charge on any atom is 0.230 e. The van der Waals surface area contributed by atoms with Crippen molar-refractivity contribution in [2.24, 2.45) is 5.92 Å². The number of aliphatic hydroxyl groups excluding tert-OH is 1. The Bertz CT molecular complexity index is 624. The number of hydrogen-bond acceptors (Lipinski definition) is 2. The lowest BCUT2D eigenvalue weighted by Gasteiger charge is -2.16. The summed E-state index contributed by atoms with van der Waals surface area (Å²) in [5.74, 6) is -0.364. The normalized spacial score (nSPS) is 21.2. The maximum absolute atomic E-state index is 12.3. The van der Waals surface area contributed by atoms with Crippen LogP contribution in [0.3, 0.4) is 0 Å². The zero-order valence-corrected chi connectivity index (χ0v) is 11.8. The maximum atomic E-state index is 12.3. The molecule has 0 bridgehead atoms. The van der Waals surface area contributed by atoms with Gasteiger partial charge in [-0.2, -0.15) is 0 Å². The van der Waals surface area contributed by atoms with E-state index in [1.54, 1.807) is 0 Å². The molecule has 1 saturated carbocycles. The van der Waals surface area contributed by atoms with Crippen molar-refractivity contribution in [2.75, 3.05) is 5.32 Å². The Morgan fingerprint density at radius 2 is 1.71 bits per heavy atom. The Hall–Kier alpha value is -2.13. The summed E-state index contributed by atoms with van der Waals surface area (Å²) >= 11 is 0. The van der Waals surface area contributed by atoms with Gasteiger partial charge >= 0.3 is 0 Å². The summed E-state index contributed by atoms with van der Waals surface area (Å²) < 4.78 is 0. The molecule has 2 unspecified atom stereocenters. The largest absolute Gasteiger partial charge is 0.392 e. The van der Waals surface area contributed by atoms with Crippen LogP contribution >= 0.6 is 0 Å². The summed E-state index contributed by atoms with van der Waals surface area (Å²) in [5, 5.41) is 12.8. The molecule has 0 heterocycles. The van der Waals surface area contributed by atoms with Crippen LogP contribution in [0.15, 0.2) is 54.6 Å². The number of hydrogen-bond donors (Lipinski definition) is 2. The number of carbonyl (C=O) groups excluding carboxylic acids is 1. The molecule has 3 nitrogen and oxygen atoms in total. The van der Waals surface area contributed by atoms with Gasteiger partial charge in [0.05, 0.1) is 12.0 Å². The zero-order valence-electron chi connectivity index (χ0n) is 11.8. The first-order valence-electron chi connectivity index (χ1n) is 7.39. The van der Waals surface area contributed by atoms with Crippen LogP contribution in [0.5, 0.6) is 0 Å². The molecule has 2 atom stereocenters. The summed E-state index contributed by atoms with van der Waals surface area (Å²) in [7, 11) is 0. The lowest BCUT2D eigenvalue weighted by Crippen LogP contribution is -2.28. The predicted molar refractivity (Wildman–Crippen MR) is 83.9 cm³/mol. The van der Waals surface area contributed by atoms with Crippen molar-refractivity contribution in [1.29, 1.82) is 0 Å². The molecule has 0 aliphatic heterocycles. The van der Waals surface area contributed by atoms with Crippen LogP contribution in [0.25, 0.3) is 11.1 Å². The number of nitrogens with one attached hydrogen (secondary N) is 1. The highest BCUT2D eigenvalue weighted by atomic mass is 16.3. The van der Waals surface area contributed by atoms with Gasteiger partial charge in [0.2, 0.25) is 5.91 Å². The first-order chi connectivity index (χ1) is 10.3. The van der Waals surface area contributed by atoms with E-state index < -0.39 is 6.10 Å². The standard InChI is InChI=1S/C18H19NO2/c20-17-12-6-10-15(17)18(21)19-16-11-5-4-9-14(16)13-7-2-1-3-8-13/h1-5,7-9,11,15,17,20H,6,10,12H2,(H,19,21). The molecule has 0 saturated heterocycles. The summed E-state index contributed by atoms with van der Waals surface area (Å²) in [5.41, 5.74) is 2.87. The van der Waals surface area contributed by atoms with Crippen molar-refractivity contribution in [3.63, 3.8) is 0 Å². The highest BCUT2D eigenvalue weighted by Crippen LogP contribution is 2.30. The molecule has 3 heteroatoms. The molecule has 2 aromatic rings. The number of anilines is 1. The SMILES string of the molecule is O=C(Nc1ccccc1-c1ccccc1)C1CCCC1O. The summed E-state index contributed by atoms with van der Waals surface area (Å²) in [4.78, 5) is 12.3. The molecule has 0 spiro atoms. The molecule has 2 N–H and O–H groups in total. The van der Waals surface area contributed by atoms with Crippen molar-refractivity contribution in [3.8, 4) is 11.1 Å². The number of benzene rings is 2. The fourth-order valence-corrected chi connectivity index (χ4v) is 2.93. The molecule has 21 heavy (non-hydrogen) atoms. The van der Waals surface area contributed by atoms with Crippen LogP contribution in [0.1, 0.15) is 19.3 Å². The monoisotopic (exact) mass is 281 g/mol. The lowest BCUT2D eigenvalue weighted by atomic mass is 10.0. The molecule has 3 rings (SSSR count). The molecule has 1 fully saturated rings. The number of aliphatic hydroxyl groups is 1. The van der Waals surface area contributed by atoms with Crippen molar-refractivity contribution in [1.82, 2.24) is 0 Å². The molecule has 0 radical (unpaired) electrons. The van der Waals surface area contributed by atoms with Crippen LogP contribution in [0.2, 0.25) is 0 Å². The average molecular weight is 281 g/mol. The van der Waals surface area contributed by atoms with Crippen LogP contribution in [-0.2, 0) is 4.79 Å². The number of amides is 1. The quantitative estimate of drug-likeness (QED) is 0.905. The third-order valence-electron chi connectivity index (χ3n) is 4.09. The van der Waals surface area contributed by atoms with Crippen molar-refractivity contribution < 1.29 is 9.90 Å². The van der Waals surface area contributed by atoms with E-state index in [9.17, 15) is 9.90 Å². The van der Waals surface area contributed by atoms with Gasteiger partial charge in [0.1, 0.15) is 0 Å². The highest BCUT2D eigenvalue weighted by Gasteiger charge is 2.31. The van der Waals surface area contributed by atoms with Gasteiger partial charge < -0.3 is 10.4 Å². The van der Waals surface area contributed by atoms with E-state index in [1.807, 2.05) is 54.6 Å². The van der Waals surface area contributed by atoms with Crippen LogP contribution in [0, 0.1) is 5.92 Å². The molecule has 1 amide bonds. The molecule has 2 aromatic carbocycles. The van der Waals surface area contributed by atoms with Gasteiger partial charge in [-0.3, -0.25) is 4.79 Å². The van der Waals surface area contributed by atoms with Gasteiger partial charge in [-0.15, -0.1) is 0 Å². The summed E-state index contributed by atoms with van der Waals surface area (Å²) in [6.07, 6.45) is 1.90. The Balaban J connectivity index is 1.85. The van der Waals surface area contributed by atoms with E-state index in [1.165, 1.54) is 0 Å². The van der Waals surface area contributed by atoms with Crippen molar-refractivity contribution >= 4 is 11.6 Å². The van der Waals surface area contributed by atoms with E-state index in [2.05, 4.69) is 5.32 Å². The van der Waals surface area contributed by atoms with Gasteiger partial charge in [-0.05, 0) is 30.9 Å². The van der Waals surface area contributed by atoms with Gasteiger partial charge in [0.25, 0.3) is 0 Å². The van der Waals surface area contributed by atoms with E-state index >= 15 is 0 Å². The summed E-state index contributed by atoms with van der Waals surface area (Å²) in [6, 6.07) is 17.8. The predicted octanol–water partition coefficient (Wildman–Crippen LogP) is 3.45. The first kappa shape index (κ1) is 13.8. The van der Waals surface area contributed by atoms with Crippen LogP contribution in [-0.4, -0.2) is 17.1 Å². The minimum Gasteiger partial charge on any atom is -0.392 e. The van der Waals surface area contributed by atoms with Gasteiger partial charge in [-0.1, -0.05) is 48.5 Å². The van der Waals surface area contributed by atoms with Crippen LogP contribution < -0.4 is 5.32 Å². The fraction of sp³-hybridized carbons (Fsp3) is 0.278. The second-order valence-corrected chi connectivity index (χ2v) is 5.51.